The smallest absolute Gasteiger partial charge is 0.248 e. The second-order valence-corrected chi connectivity index (χ2v) is 8.32. The summed E-state index contributed by atoms with van der Waals surface area (Å²) in [4.78, 5) is 8.66. The molecule has 1 fully saturated rings. The van der Waals surface area contributed by atoms with Gasteiger partial charge in [0.1, 0.15) is 0 Å². The largest absolute Gasteiger partial charge is 0.338 e. The van der Waals surface area contributed by atoms with Crippen LogP contribution in [0.2, 0.25) is 0 Å². The van der Waals surface area contributed by atoms with Gasteiger partial charge in [0.25, 0.3) is 0 Å². The fourth-order valence-electron chi connectivity index (χ4n) is 3.03. The Labute approximate surface area is 133 Å². The van der Waals surface area contributed by atoms with Crippen LogP contribution in [0, 0.1) is 0 Å². The first kappa shape index (κ1) is 14.4. The molecule has 1 aromatic carbocycles. The van der Waals surface area contributed by atoms with Crippen molar-refractivity contribution in [3.63, 3.8) is 0 Å². The third kappa shape index (κ3) is 2.16. The summed E-state index contributed by atoms with van der Waals surface area (Å²) in [5, 5.41) is 3.96. The summed E-state index contributed by atoms with van der Waals surface area (Å²) in [7, 11) is -3.28. The first-order valence-corrected chi connectivity index (χ1v) is 9.31. The van der Waals surface area contributed by atoms with Crippen LogP contribution >= 0.6 is 0 Å². The maximum atomic E-state index is 12.1. The quantitative estimate of drug-likeness (QED) is 0.724. The predicted octanol–water partition coefficient (Wildman–Crippen LogP) is 1.89. The highest BCUT2D eigenvalue weighted by Crippen LogP contribution is 2.47. The van der Waals surface area contributed by atoms with Crippen molar-refractivity contribution in [2.75, 3.05) is 6.26 Å². The highest BCUT2D eigenvalue weighted by atomic mass is 32.2. The lowest BCUT2D eigenvalue weighted by Gasteiger charge is -2.36. The van der Waals surface area contributed by atoms with Gasteiger partial charge in [-0.3, -0.25) is 0 Å². The number of hydrogen-bond acceptors (Lipinski definition) is 6. The van der Waals surface area contributed by atoms with Crippen molar-refractivity contribution >= 4 is 20.9 Å². The number of rotatable bonds is 4. The van der Waals surface area contributed by atoms with Gasteiger partial charge in [-0.25, -0.2) is 13.4 Å². The zero-order valence-corrected chi connectivity index (χ0v) is 13.5. The molecular weight excluding hydrogens is 316 g/mol. The van der Waals surface area contributed by atoms with Crippen LogP contribution in [0.25, 0.3) is 11.0 Å². The van der Waals surface area contributed by atoms with Crippen molar-refractivity contribution in [1.29, 1.82) is 0 Å². The molecular formula is C15H16N4O3S. The molecule has 1 aliphatic carbocycles. The maximum Gasteiger partial charge on any atom is 0.248 e. The van der Waals surface area contributed by atoms with Crippen LogP contribution in [0.3, 0.4) is 0 Å². The number of benzene rings is 1. The van der Waals surface area contributed by atoms with E-state index in [9.17, 15) is 8.42 Å². The summed E-state index contributed by atoms with van der Waals surface area (Å²) in [5.41, 5.74) is 1.86. The predicted molar refractivity (Wildman–Crippen MR) is 83.5 cm³/mol. The highest BCUT2D eigenvalue weighted by Gasteiger charge is 2.52. The molecule has 0 saturated heterocycles. The highest BCUT2D eigenvalue weighted by molar-refractivity contribution is 7.91. The Morgan fingerprint density at radius 3 is 2.78 bits per heavy atom. The molecule has 0 bridgehead atoms. The molecule has 8 heteroatoms. The number of fused-ring (bicyclic) bond motifs is 1. The number of nitrogens with zero attached hydrogens (tertiary/aromatic N) is 4. The third-order valence-corrected chi connectivity index (χ3v) is 6.57. The summed E-state index contributed by atoms with van der Waals surface area (Å²) in [5.74, 6) is 0.670. The minimum Gasteiger partial charge on any atom is -0.338 e. The molecule has 0 radical (unpaired) electrons. The molecule has 23 heavy (non-hydrogen) atoms. The van der Waals surface area contributed by atoms with E-state index in [0.29, 0.717) is 25.2 Å². The molecule has 0 spiro atoms. The molecule has 1 aliphatic rings. The first-order chi connectivity index (χ1) is 11.0. The van der Waals surface area contributed by atoms with Gasteiger partial charge in [0, 0.05) is 6.26 Å². The lowest BCUT2D eigenvalue weighted by molar-refractivity contribution is 0.251. The molecule has 0 aliphatic heterocycles. The van der Waals surface area contributed by atoms with Crippen LogP contribution in [0.4, 0.5) is 0 Å². The topological polar surface area (TPSA) is 90.9 Å². The molecule has 2 aromatic heterocycles. The molecule has 1 saturated carbocycles. The van der Waals surface area contributed by atoms with Crippen LogP contribution in [0.1, 0.15) is 31.0 Å². The van der Waals surface area contributed by atoms with Crippen molar-refractivity contribution < 1.29 is 12.9 Å². The Balaban J connectivity index is 1.66. The Morgan fingerprint density at radius 1 is 1.30 bits per heavy atom. The van der Waals surface area contributed by atoms with E-state index in [1.807, 2.05) is 28.8 Å². The van der Waals surface area contributed by atoms with Gasteiger partial charge in [-0.1, -0.05) is 17.3 Å². The Hall–Kier alpha value is -2.22. The average Bonchev–Trinajstić information content (AvgIpc) is 3.05. The van der Waals surface area contributed by atoms with Gasteiger partial charge in [0.05, 0.1) is 23.9 Å². The average molecular weight is 332 g/mol. The molecule has 7 nitrogen and oxygen atoms in total. The van der Waals surface area contributed by atoms with E-state index < -0.39 is 14.6 Å². The van der Waals surface area contributed by atoms with E-state index in [1.54, 1.807) is 6.33 Å². The fourth-order valence-corrected chi connectivity index (χ4v) is 4.46. The van der Waals surface area contributed by atoms with Crippen molar-refractivity contribution in [2.45, 2.75) is 30.6 Å². The second-order valence-electron chi connectivity index (χ2n) is 6.00. The monoisotopic (exact) mass is 332 g/mol. The third-order valence-electron chi connectivity index (χ3n) is 4.57. The van der Waals surface area contributed by atoms with Crippen LogP contribution < -0.4 is 0 Å². The molecule has 120 valence electrons. The van der Waals surface area contributed by atoms with E-state index in [1.165, 1.54) is 6.26 Å². The van der Waals surface area contributed by atoms with Crippen LogP contribution in [0.15, 0.2) is 35.1 Å². The number of aromatic nitrogens is 4. The lowest BCUT2D eigenvalue weighted by atomic mass is 9.84. The van der Waals surface area contributed by atoms with Crippen LogP contribution in [0.5, 0.6) is 0 Å². The van der Waals surface area contributed by atoms with Gasteiger partial charge in [-0.05, 0) is 31.4 Å². The van der Waals surface area contributed by atoms with Crippen molar-refractivity contribution in [1.82, 2.24) is 19.7 Å². The van der Waals surface area contributed by atoms with Crippen molar-refractivity contribution in [3.05, 3.63) is 42.3 Å². The van der Waals surface area contributed by atoms with Crippen LogP contribution in [-0.4, -0.2) is 34.4 Å². The van der Waals surface area contributed by atoms with Gasteiger partial charge in [0.2, 0.25) is 5.89 Å². The molecule has 0 atom stereocenters. The first-order valence-electron chi connectivity index (χ1n) is 7.42. The van der Waals surface area contributed by atoms with Crippen LogP contribution in [-0.2, 0) is 21.1 Å². The number of imidazole rings is 1. The second kappa shape index (κ2) is 4.89. The normalized spacial score (nSPS) is 17.3. The molecule has 0 unspecified atom stereocenters. The lowest BCUT2D eigenvalue weighted by Crippen LogP contribution is -2.42. The number of sulfone groups is 1. The summed E-state index contributed by atoms with van der Waals surface area (Å²) in [6, 6.07) is 7.77. The standard InChI is InChI=1S/C15H16N4O3S/c1-23(20,21)15(7-4-8-15)14-17-13(18-22-14)9-19-10-16-11-5-2-3-6-12(11)19/h2-3,5-6,10H,4,7-9H2,1H3. The van der Waals surface area contributed by atoms with Crippen molar-refractivity contribution in [3.8, 4) is 0 Å². The van der Waals surface area contributed by atoms with Crippen molar-refractivity contribution in [2.24, 2.45) is 0 Å². The van der Waals surface area contributed by atoms with E-state index in [4.69, 9.17) is 4.52 Å². The van der Waals surface area contributed by atoms with E-state index in [0.717, 1.165) is 17.5 Å². The zero-order chi connectivity index (χ0) is 16.1. The Morgan fingerprint density at radius 2 is 2.09 bits per heavy atom. The zero-order valence-electron chi connectivity index (χ0n) is 12.6. The van der Waals surface area contributed by atoms with Gasteiger partial charge < -0.3 is 9.09 Å². The maximum absolute atomic E-state index is 12.1. The summed E-state index contributed by atoms with van der Waals surface area (Å²) >= 11 is 0. The minimum absolute atomic E-state index is 0.214. The number of hydrogen-bond donors (Lipinski definition) is 0. The molecule has 0 N–H and O–H groups in total. The van der Waals surface area contributed by atoms with Gasteiger partial charge in [-0.15, -0.1) is 0 Å². The Bertz CT molecular complexity index is 969. The van der Waals surface area contributed by atoms with E-state index in [-0.39, 0.29) is 5.89 Å². The molecule has 3 aromatic rings. The summed E-state index contributed by atoms with van der Waals surface area (Å²) in [6.07, 6.45) is 4.90. The van der Waals surface area contributed by atoms with Gasteiger partial charge >= 0.3 is 0 Å². The SMILES string of the molecule is CS(=O)(=O)C1(c2nc(Cn3cnc4ccccc43)no2)CCC1. The summed E-state index contributed by atoms with van der Waals surface area (Å²) < 4.78 is 30.4. The number of para-hydroxylation sites is 2. The Kier molecular flexibility index (Phi) is 3.06. The summed E-state index contributed by atoms with van der Waals surface area (Å²) in [6.45, 7) is 0.393. The molecule has 4 rings (SSSR count). The van der Waals surface area contributed by atoms with Gasteiger partial charge in [0.15, 0.2) is 20.4 Å². The fraction of sp³-hybridized carbons (Fsp3) is 0.400. The van der Waals surface area contributed by atoms with Gasteiger partial charge in [-0.2, -0.15) is 4.98 Å². The van der Waals surface area contributed by atoms with E-state index >= 15 is 0 Å². The molecule has 2 heterocycles. The minimum atomic E-state index is -3.28. The molecule has 0 amide bonds. The van der Waals surface area contributed by atoms with E-state index in [2.05, 4.69) is 15.1 Å².